The predicted octanol–water partition coefficient (Wildman–Crippen LogP) is 3.79. The number of nitrogens with zero attached hydrogens (tertiary/aromatic N) is 1. The van der Waals surface area contributed by atoms with Crippen molar-refractivity contribution in [2.45, 2.75) is 13.5 Å². The van der Waals surface area contributed by atoms with E-state index in [1.54, 1.807) is 24.3 Å². The lowest BCUT2D eigenvalue weighted by molar-refractivity contribution is -0.114. The summed E-state index contributed by atoms with van der Waals surface area (Å²) in [6.45, 7) is 1.96. The molecule has 0 fully saturated rings. The zero-order valence-electron chi connectivity index (χ0n) is 12.8. The molecule has 0 heterocycles. The maximum Gasteiger partial charge on any atom is 0.221 e. The van der Waals surface area contributed by atoms with E-state index >= 15 is 0 Å². The first-order chi connectivity index (χ1) is 11.0. The van der Waals surface area contributed by atoms with Crippen LogP contribution in [0.3, 0.4) is 0 Å². The molecule has 0 aromatic heterocycles. The van der Waals surface area contributed by atoms with E-state index in [1.807, 2.05) is 12.1 Å². The summed E-state index contributed by atoms with van der Waals surface area (Å²) < 4.78 is 5.12. The van der Waals surface area contributed by atoms with Gasteiger partial charge in [0.25, 0.3) is 0 Å². The Kier molecular flexibility index (Phi) is 5.45. The first-order valence-corrected chi connectivity index (χ1v) is 7.29. The number of hydrogen-bond acceptors (Lipinski definition) is 4. The van der Waals surface area contributed by atoms with Crippen LogP contribution >= 0.6 is 11.6 Å². The molecule has 2 aromatic rings. The number of nitriles is 1. The summed E-state index contributed by atoms with van der Waals surface area (Å²) in [6.07, 6.45) is 0. The van der Waals surface area contributed by atoms with Gasteiger partial charge in [0.1, 0.15) is 11.8 Å². The topological polar surface area (TPSA) is 74.2 Å². The Balaban J connectivity index is 2.12. The van der Waals surface area contributed by atoms with E-state index < -0.39 is 0 Å². The molecule has 0 saturated carbocycles. The Morgan fingerprint density at radius 2 is 2.09 bits per heavy atom. The molecule has 118 valence electrons. The van der Waals surface area contributed by atoms with Gasteiger partial charge in [-0.1, -0.05) is 17.7 Å². The molecule has 0 aliphatic carbocycles. The third kappa shape index (κ3) is 4.38. The van der Waals surface area contributed by atoms with Gasteiger partial charge in [0.15, 0.2) is 0 Å². The number of hydrogen-bond donors (Lipinski definition) is 2. The monoisotopic (exact) mass is 329 g/mol. The van der Waals surface area contributed by atoms with Crippen molar-refractivity contribution in [3.8, 4) is 11.8 Å². The van der Waals surface area contributed by atoms with Crippen LogP contribution in [0.25, 0.3) is 0 Å². The second-order valence-corrected chi connectivity index (χ2v) is 5.28. The third-order valence-electron chi connectivity index (χ3n) is 3.16. The first-order valence-electron chi connectivity index (χ1n) is 6.91. The highest BCUT2D eigenvalue weighted by atomic mass is 35.5. The van der Waals surface area contributed by atoms with Crippen molar-refractivity contribution in [1.29, 1.82) is 5.26 Å². The molecular formula is C17H16ClN3O2. The van der Waals surface area contributed by atoms with E-state index in [0.717, 1.165) is 11.3 Å². The summed E-state index contributed by atoms with van der Waals surface area (Å²) in [5.74, 6) is 0.369. The van der Waals surface area contributed by atoms with Crippen LogP contribution in [0.2, 0.25) is 5.02 Å². The lowest BCUT2D eigenvalue weighted by Gasteiger charge is -2.11. The second kappa shape index (κ2) is 7.52. The normalized spacial score (nSPS) is 9.83. The smallest absolute Gasteiger partial charge is 0.221 e. The maximum absolute atomic E-state index is 11.2. The molecule has 2 N–H and O–H groups in total. The summed E-state index contributed by atoms with van der Waals surface area (Å²) >= 11 is 6.04. The Morgan fingerprint density at radius 3 is 2.74 bits per heavy atom. The van der Waals surface area contributed by atoms with Crippen LogP contribution in [0.5, 0.6) is 5.75 Å². The molecule has 0 bridgehead atoms. The molecule has 0 aliphatic heterocycles. The highest BCUT2D eigenvalue weighted by Crippen LogP contribution is 2.26. The van der Waals surface area contributed by atoms with Crippen molar-refractivity contribution in [1.82, 2.24) is 0 Å². The Labute approximate surface area is 139 Å². The fourth-order valence-electron chi connectivity index (χ4n) is 2.08. The van der Waals surface area contributed by atoms with Crippen molar-refractivity contribution in [3.63, 3.8) is 0 Å². The van der Waals surface area contributed by atoms with Crippen molar-refractivity contribution in [3.05, 3.63) is 52.5 Å². The van der Waals surface area contributed by atoms with E-state index in [4.69, 9.17) is 21.6 Å². The molecule has 6 heteroatoms. The van der Waals surface area contributed by atoms with Gasteiger partial charge in [-0.05, 0) is 35.9 Å². The number of nitrogens with one attached hydrogen (secondary N) is 2. The van der Waals surface area contributed by atoms with Crippen LogP contribution in [0.4, 0.5) is 11.4 Å². The summed E-state index contributed by atoms with van der Waals surface area (Å²) in [6, 6.07) is 12.8. The van der Waals surface area contributed by atoms with Crippen LogP contribution in [0.1, 0.15) is 18.1 Å². The number of carbonyl (C=O) groups excluding carboxylic acids is 1. The van der Waals surface area contributed by atoms with Crippen molar-refractivity contribution >= 4 is 28.9 Å². The molecule has 0 radical (unpaired) electrons. The zero-order chi connectivity index (χ0) is 16.8. The van der Waals surface area contributed by atoms with E-state index in [2.05, 4.69) is 16.7 Å². The highest BCUT2D eigenvalue weighted by molar-refractivity contribution is 6.33. The molecule has 0 atom stereocenters. The standard InChI is InChI=1S/C17H16ClN3O2/c1-11(22)21-16-8-14(4-5-15(16)18)20-10-12-3-6-17(23-2)13(7-12)9-19/h3-8,20H,10H2,1-2H3,(H,21,22). The molecule has 0 aliphatic rings. The number of methoxy groups -OCH3 is 1. The van der Waals surface area contributed by atoms with Crippen LogP contribution in [0.15, 0.2) is 36.4 Å². The summed E-state index contributed by atoms with van der Waals surface area (Å²) in [7, 11) is 1.53. The Hall–Kier alpha value is -2.71. The maximum atomic E-state index is 11.2. The van der Waals surface area contributed by atoms with E-state index in [9.17, 15) is 4.79 Å². The van der Waals surface area contributed by atoms with Gasteiger partial charge in [0, 0.05) is 19.2 Å². The minimum absolute atomic E-state index is 0.183. The van der Waals surface area contributed by atoms with Crippen LogP contribution < -0.4 is 15.4 Å². The number of benzene rings is 2. The molecule has 5 nitrogen and oxygen atoms in total. The van der Waals surface area contributed by atoms with Gasteiger partial charge in [-0.2, -0.15) is 5.26 Å². The number of amides is 1. The molecule has 0 saturated heterocycles. The zero-order valence-corrected chi connectivity index (χ0v) is 13.6. The predicted molar refractivity (Wildman–Crippen MR) is 90.8 cm³/mol. The summed E-state index contributed by atoms with van der Waals surface area (Å²) in [4.78, 5) is 11.2. The lowest BCUT2D eigenvalue weighted by Crippen LogP contribution is -2.07. The Morgan fingerprint density at radius 1 is 1.30 bits per heavy atom. The summed E-state index contributed by atoms with van der Waals surface area (Å²) in [5.41, 5.74) is 2.80. The average molecular weight is 330 g/mol. The highest BCUT2D eigenvalue weighted by Gasteiger charge is 2.06. The van der Waals surface area contributed by atoms with E-state index in [0.29, 0.717) is 28.6 Å². The van der Waals surface area contributed by atoms with Gasteiger partial charge in [0.2, 0.25) is 5.91 Å². The number of halogens is 1. The van der Waals surface area contributed by atoms with Crippen molar-refractivity contribution < 1.29 is 9.53 Å². The summed E-state index contributed by atoms with van der Waals surface area (Å²) in [5, 5.41) is 15.5. The van der Waals surface area contributed by atoms with Crippen LogP contribution in [-0.2, 0) is 11.3 Å². The van der Waals surface area contributed by atoms with Gasteiger partial charge in [-0.15, -0.1) is 0 Å². The molecular weight excluding hydrogens is 314 g/mol. The van der Waals surface area contributed by atoms with E-state index in [-0.39, 0.29) is 5.91 Å². The molecule has 0 spiro atoms. The quantitative estimate of drug-likeness (QED) is 0.875. The Bertz CT molecular complexity index is 769. The molecule has 1 amide bonds. The number of rotatable bonds is 5. The second-order valence-electron chi connectivity index (χ2n) is 4.88. The fourth-order valence-corrected chi connectivity index (χ4v) is 2.24. The molecule has 2 rings (SSSR count). The van der Waals surface area contributed by atoms with Gasteiger partial charge >= 0.3 is 0 Å². The van der Waals surface area contributed by atoms with E-state index in [1.165, 1.54) is 14.0 Å². The van der Waals surface area contributed by atoms with Gasteiger partial charge in [-0.25, -0.2) is 0 Å². The third-order valence-corrected chi connectivity index (χ3v) is 3.49. The van der Waals surface area contributed by atoms with Crippen molar-refractivity contribution in [2.24, 2.45) is 0 Å². The average Bonchev–Trinajstić information content (AvgIpc) is 2.54. The first kappa shape index (κ1) is 16.7. The van der Waals surface area contributed by atoms with Gasteiger partial charge < -0.3 is 15.4 Å². The number of carbonyl (C=O) groups is 1. The molecule has 23 heavy (non-hydrogen) atoms. The molecule has 2 aromatic carbocycles. The van der Waals surface area contributed by atoms with Crippen LogP contribution in [-0.4, -0.2) is 13.0 Å². The number of anilines is 2. The molecule has 0 unspecified atom stereocenters. The minimum Gasteiger partial charge on any atom is -0.495 e. The minimum atomic E-state index is -0.183. The van der Waals surface area contributed by atoms with Crippen molar-refractivity contribution in [2.75, 3.05) is 17.7 Å². The van der Waals surface area contributed by atoms with Crippen LogP contribution in [0, 0.1) is 11.3 Å². The largest absolute Gasteiger partial charge is 0.495 e. The fraction of sp³-hybridized carbons (Fsp3) is 0.176. The van der Waals surface area contributed by atoms with Gasteiger partial charge in [-0.3, -0.25) is 4.79 Å². The lowest BCUT2D eigenvalue weighted by atomic mass is 10.1. The SMILES string of the molecule is COc1ccc(CNc2ccc(Cl)c(NC(C)=O)c2)cc1C#N. The van der Waals surface area contributed by atoms with Gasteiger partial charge in [0.05, 0.1) is 23.4 Å². The number of ether oxygens (including phenoxy) is 1.